The Labute approximate surface area is 123 Å². The molecular weight excluding hydrogens is 246 g/mol. The summed E-state index contributed by atoms with van der Waals surface area (Å²) in [7, 11) is 0. The molecule has 0 fully saturated rings. The quantitative estimate of drug-likeness (QED) is 0.721. The molecule has 0 aromatic heterocycles. The summed E-state index contributed by atoms with van der Waals surface area (Å²) in [6.07, 6.45) is 8.90. The Hall–Kier alpha value is -1.02. The first-order valence-corrected chi connectivity index (χ1v) is 8.32. The molecule has 20 heavy (non-hydrogen) atoms. The van der Waals surface area contributed by atoms with Crippen LogP contribution in [-0.2, 0) is 12.8 Å². The van der Waals surface area contributed by atoms with Gasteiger partial charge in [0.1, 0.15) is 11.9 Å². The minimum absolute atomic E-state index is 0.299. The van der Waals surface area contributed by atoms with Crippen molar-refractivity contribution in [2.24, 2.45) is 0 Å². The molecule has 1 N–H and O–H groups in total. The highest BCUT2D eigenvalue weighted by atomic mass is 16.5. The van der Waals surface area contributed by atoms with Gasteiger partial charge in [-0.2, -0.15) is 0 Å². The predicted molar refractivity (Wildman–Crippen MR) is 85.6 cm³/mol. The van der Waals surface area contributed by atoms with Crippen LogP contribution < -0.4 is 10.1 Å². The summed E-state index contributed by atoms with van der Waals surface area (Å²) in [4.78, 5) is 0. The molecule has 1 aliphatic carbocycles. The Morgan fingerprint density at radius 1 is 1.10 bits per heavy atom. The van der Waals surface area contributed by atoms with E-state index in [2.05, 4.69) is 37.4 Å². The molecule has 1 aromatic carbocycles. The van der Waals surface area contributed by atoms with Crippen LogP contribution in [0.25, 0.3) is 0 Å². The van der Waals surface area contributed by atoms with Crippen LogP contribution in [-0.4, -0.2) is 19.2 Å². The fourth-order valence-corrected chi connectivity index (χ4v) is 2.94. The van der Waals surface area contributed by atoms with Gasteiger partial charge < -0.3 is 10.1 Å². The molecule has 1 aromatic rings. The fourth-order valence-electron chi connectivity index (χ4n) is 2.94. The van der Waals surface area contributed by atoms with Gasteiger partial charge in [0.2, 0.25) is 0 Å². The van der Waals surface area contributed by atoms with Gasteiger partial charge in [0.15, 0.2) is 0 Å². The number of fused-ring (bicyclic) bond motifs is 1. The maximum absolute atomic E-state index is 6.21. The number of aryl methyl sites for hydroxylation is 2. The first-order chi connectivity index (χ1) is 9.83. The molecule has 2 rings (SSSR count). The van der Waals surface area contributed by atoms with Gasteiger partial charge in [-0.15, -0.1) is 0 Å². The molecule has 1 unspecified atom stereocenters. The second kappa shape index (κ2) is 8.31. The predicted octanol–water partition coefficient (Wildman–Crippen LogP) is 4.11. The van der Waals surface area contributed by atoms with Crippen molar-refractivity contribution in [3.8, 4) is 5.75 Å². The fraction of sp³-hybridized carbons (Fsp3) is 0.667. The maximum atomic E-state index is 6.21. The van der Waals surface area contributed by atoms with Crippen molar-refractivity contribution in [3.63, 3.8) is 0 Å². The first kappa shape index (κ1) is 15.4. The Bertz CT molecular complexity index is 402. The molecule has 1 aliphatic rings. The summed E-state index contributed by atoms with van der Waals surface area (Å²) in [6.45, 7) is 6.46. The highest BCUT2D eigenvalue weighted by Gasteiger charge is 2.13. The van der Waals surface area contributed by atoms with E-state index in [1.807, 2.05) is 0 Å². The highest BCUT2D eigenvalue weighted by Crippen LogP contribution is 2.26. The lowest BCUT2D eigenvalue weighted by molar-refractivity contribution is 0.186. The minimum Gasteiger partial charge on any atom is -0.489 e. The lowest BCUT2D eigenvalue weighted by atomic mass is 9.92. The van der Waals surface area contributed by atoms with Gasteiger partial charge in [0, 0.05) is 6.54 Å². The van der Waals surface area contributed by atoms with Crippen LogP contribution in [0.5, 0.6) is 5.75 Å². The summed E-state index contributed by atoms with van der Waals surface area (Å²) in [6, 6.07) is 6.70. The van der Waals surface area contributed by atoms with Gasteiger partial charge in [-0.3, -0.25) is 0 Å². The van der Waals surface area contributed by atoms with Crippen LogP contribution in [0.15, 0.2) is 18.2 Å². The van der Waals surface area contributed by atoms with Gasteiger partial charge in [-0.05, 0) is 68.3 Å². The molecule has 2 nitrogen and oxygen atoms in total. The summed E-state index contributed by atoms with van der Waals surface area (Å²) < 4.78 is 6.21. The number of benzene rings is 1. The van der Waals surface area contributed by atoms with E-state index in [0.717, 1.165) is 25.3 Å². The van der Waals surface area contributed by atoms with E-state index in [9.17, 15) is 0 Å². The molecular formula is C18H29NO. The third-order valence-electron chi connectivity index (χ3n) is 4.03. The van der Waals surface area contributed by atoms with Gasteiger partial charge in [-0.25, -0.2) is 0 Å². The monoisotopic (exact) mass is 275 g/mol. The third kappa shape index (κ3) is 4.52. The van der Waals surface area contributed by atoms with Crippen molar-refractivity contribution in [3.05, 3.63) is 29.3 Å². The van der Waals surface area contributed by atoms with Crippen molar-refractivity contribution >= 4 is 0 Å². The normalized spacial score (nSPS) is 15.7. The van der Waals surface area contributed by atoms with Gasteiger partial charge in [0.05, 0.1) is 0 Å². The summed E-state index contributed by atoms with van der Waals surface area (Å²) >= 11 is 0. The molecule has 1 atom stereocenters. The summed E-state index contributed by atoms with van der Waals surface area (Å²) in [5.74, 6) is 1.06. The molecule has 0 saturated heterocycles. The molecule has 0 bridgehead atoms. The topological polar surface area (TPSA) is 21.3 Å². The van der Waals surface area contributed by atoms with E-state index in [0.29, 0.717) is 6.10 Å². The molecule has 0 saturated carbocycles. The van der Waals surface area contributed by atoms with E-state index in [-0.39, 0.29) is 0 Å². The number of nitrogens with one attached hydrogen (secondary N) is 1. The van der Waals surface area contributed by atoms with Crippen LogP contribution in [0, 0.1) is 0 Å². The average molecular weight is 275 g/mol. The van der Waals surface area contributed by atoms with Crippen LogP contribution in [0.1, 0.15) is 57.1 Å². The zero-order valence-electron chi connectivity index (χ0n) is 13.1. The van der Waals surface area contributed by atoms with Crippen molar-refractivity contribution < 1.29 is 4.74 Å². The van der Waals surface area contributed by atoms with E-state index >= 15 is 0 Å². The largest absolute Gasteiger partial charge is 0.489 e. The molecule has 2 heteroatoms. The third-order valence-corrected chi connectivity index (χ3v) is 4.03. The van der Waals surface area contributed by atoms with E-state index in [4.69, 9.17) is 4.74 Å². The van der Waals surface area contributed by atoms with E-state index < -0.39 is 0 Å². The lowest BCUT2D eigenvalue weighted by Gasteiger charge is -2.21. The number of ether oxygens (including phenoxy) is 1. The second-order valence-corrected chi connectivity index (χ2v) is 5.87. The lowest BCUT2D eigenvalue weighted by Crippen LogP contribution is -2.31. The SMILES string of the molecule is CCCNCC(CCC)Oc1ccc2c(c1)CCCC2. The number of hydrogen-bond acceptors (Lipinski definition) is 2. The minimum atomic E-state index is 0.299. The van der Waals surface area contributed by atoms with E-state index in [1.54, 1.807) is 0 Å². The van der Waals surface area contributed by atoms with Crippen LogP contribution >= 0.6 is 0 Å². The van der Waals surface area contributed by atoms with E-state index in [1.165, 1.54) is 49.7 Å². The standard InChI is InChI=1S/C18H29NO/c1-3-7-18(14-19-12-4-2)20-17-11-10-15-8-5-6-9-16(15)13-17/h10-11,13,18-19H,3-9,12,14H2,1-2H3. The zero-order chi connectivity index (χ0) is 14.2. The highest BCUT2D eigenvalue weighted by molar-refractivity contribution is 5.37. The molecule has 0 heterocycles. The first-order valence-electron chi connectivity index (χ1n) is 8.32. The zero-order valence-corrected chi connectivity index (χ0v) is 13.1. The van der Waals surface area contributed by atoms with Crippen molar-refractivity contribution in [1.29, 1.82) is 0 Å². The van der Waals surface area contributed by atoms with Crippen molar-refractivity contribution in [2.45, 2.75) is 64.9 Å². The Morgan fingerprint density at radius 3 is 2.65 bits per heavy atom. The number of hydrogen-bond donors (Lipinski definition) is 1. The van der Waals surface area contributed by atoms with Crippen molar-refractivity contribution in [1.82, 2.24) is 5.32 Å². The van der Waals surface area contributed by atoms with Gasteiger partial charge in [0.25, 0.3) is 0 Å². The van der Waals surface area contributed by atoms with Gasteiger partial charge >= 0.3 is 0 Å². The van der Waals surface area contributed by atoms with Crippen LogP contribution in [0.2, 0.25) is 0 Å². The number of rotatable bonds is 8. The molecule has 0 amide bonds. The van der Waals surface area contributed by atoms with Gasteiger partial charge in [-0.1, -0.05) is 26.3 Å². The average Bonchev–Trinajstić information content (AvgIpc) is 2.47. The second-order valence-electron chi connectivity index (χ2n) is 5.87. The smallest absolute Gasteiger partial charge is 0.120 e. The summed E-state index contributed by atoms with van der Waals surface area (Å²) in [5, 5.41) is 3.48. The van der Waals surface area contributed by atoms with Crippen LogP contribution in [0.3, 0.4) is 0 Å². The summed E-state index contributed by atoms with van der Waals surface area (Å²) in [5.41, 5.74) is 3.03. The maximum Gasteiger partial charge on any atom is 0.120 e. The molecule has 112 valence electrons. The molecule has 0 spiro atoms. The Morgan fingerprint density at radius 2 is 1.90 bits per heavy atom. The Balaban J connectivity index is 1.94. The van der Waals surface area contributed by atoms with Crippen molar-refractivity contribution in [2.75, 3.05) is 13.1 Å². The molecule has 0 radical (unpaired) electrons. The Kier molecular flexibility index (Phi) is 6.38. The molecule has 0 aliphatic heterocycles. The van der Waals surface area contributed by atoms with Crippen LogP contribution in [0.4, 0.5) is 0 Å².